The zero-order valence-electron chi connectivity index (χ0n) is 13.9. The van der Waals surface area contributed by atoms with E-state index in [0.29, 0.717) is 22.4 Å². The van der Waals surface area contributed by atoms with E-state index in [-0.39, 0.29) is 12.0 Å². The lowest BCUT2D eigenvalue weighted by Crippen LogP contribution is -2.18. The van der Waals surface area contributed by atoms with Crippen LogP contribution in [0.5, 0.6) is 0 Å². The fourth-order valence-electron chi connectivity index (χ4n) is 1.88. The summed E-state index contributed by atoms with van der Waals surface area (Å²) in [5.74, 6) is 0.620. The lowest BCUT2D eigenvalue weighted by atomic mass is 10.1. The maximum Gasteiger partial charge on any atom is 0.233 e. The second kappa shape index (κ2) is 10.8. The molecule has 0 saturated carbocycles. The molecular formula is C16H21Cl2N5O. The standard InChI is InChI=1S/C14H15Cl2N5O.C2H6/c1-9(2-3-10-4-5-11(15)6-12(10)16)20-14-18-7-17-13(21-14)19-8-22;1-2/h4-9H,2-3H2,1H3,(H2,17,18,19,20,21,22);1-2H3. The zero-order chi connectivity index (χ0) is 17.9. The monoisotopic (exact) mass is 369 g/mol. The summed E-state index contributed by atoms with van der Waals surface area (Å²) < 4.78 is 0. The minimum atomic E-state index is 0.123. The minimum Gasteiger partial charge on any atom is -0.352 e. The van der Waals surface area contributed by atoms with Crippen LogP contribution in [0.15, 0.2) is 24.5 Å². The summed E-state index contributed by atoms with van der Waals surface area (Å²) in [5.41, 5.74) is 1.04. The number of rotatable bonds is 7. The van der Waals surface area contributed by atoms with Gasteiger partial charge in [-0.1, -0.05) is 43.1 Å². The van der Waals surface area contributed by atoms with E-state index in [1.54, 1.807) is 6.07 Å². The van der Waals surface area contributed by atoms with Crippen LogP contribution in [0, 0.1) is 0 Å². The number of carbonyl (C=O) groups is 1. The maximum atomic E-state index is 10.4. The van der Waals surface area contributed by atoms with E-state index in [2.05, 4.69) is 25.6 Å². The van der Waals surface area contributed by atoms with Gasteiger partial charge in [-0.3, -0.25) is 10.1 Å². The Morgan fingerprint density at radius 1 is 1.21 bits per heavy atom. The molecule has 0 bridgehead atoms. The predicted molar refractivity (Wildman–Crippen MR) is 98.7 cm³/mol. The van der Waals surface area contributed by atoms with Gasteiger partial charge in [0.15, 0.2) is 0 Å². The largest absolute Gasteiger partial charge is 0.352 e. The number of halogens is 2. The van der Waals surface area contributed by atoms with E-state index < -0.39 is 0 Å². The third-order valence-corrected chi connectivity index (χ3v) is 3.58. The Balaban J connectivity index is 0.00000139. The first-order valence-corrected chi connectivity index (χ1v) is 8.43. The van der Waals surface area contributed by atoms with Crippen LogP contribution in [0.1, 0.15) is 32.8 Å². The molecule has 0 aliphatic carbocycles. The highest BCUT2D eigenvalue weighted by Gasteiger charge is 2.08. The summed E-state index contributed by atoms with van der Waals surface area (Å²) in [5, 5.41) is 6.82. The summed E-state index contributed by atoms with van der Waals surface area (Å²) >= 11 is 12.0. The number of aromatic nitrogens is 3. The molecular weight excluding hydrogens is 349 g/mol. The topological polar surface area (TPSA) is 79.8 Å². The number of nitrogens with zero attached hydrogens (tertiary/aromatic N) is 3. The molecule has 2 rings (SSSR count). The molecule has 130 valence electrons. The molecule has 0 radical (unpaired) electrons. The van der Waals surface area contributed by atoms with Gasteiger partial charge in [-0.05, 0) is 37.5 Å². The molecule has 2 N–H and O–H groups in total. The van der Waals surface area contributed by atoms with Crippen molar-refractivity contribution in [2.75, 3.05) is 10.6 Å². The SMILES string of the molecule is CC.CC(CCc1ccc(Cl)cc1Cl)Nc1ncnc(NC=O)n1. The van der Waals surface area contributed by atoms with Gasteiger partial charge in [0.25, 0.3) is 0 Å². The van der Waals surface area contributed by atoms with Crippen LogP contribution < -0.4 is 10.6 Å². The fraction of sp³-hybridized carbons (Fsp3) is 0.375. The van der Waals surface area contributed by atoms with Crippen molar-refractivity contribution in [1.82, 2.24) is 15.0 Å². The Morgan fingerprint density at radius 3 is 2.58 bits per heavy atom. The second-order valence-corrected chi connectivity index (χ2v) is 5.56. The van der Waals surface area contributed by atoms with Crippen LogP contribution in [0.25, 0.3) is 0 Å². The minimum absolute atomic E-state index is 0.123. The highest BCUT2D eigenvalue weighted by atomic mass is 35.5. The number of hydrogen-bond donors (Lipinski definition) is 2. The van der Waals surface area contributed by atoms with Crippen molar-refractivity contribution >= 4 is 41.5 Å². The van der Waals surface area contributed by atoms with Gasteiger partial charge >= 0.3 is 0 Å². The van der Waals surface area contributed by atoms with Crippen molar-refractivity contribution in [3.8, 4) is 0 Å². The molecule has 6 nitrogen and oxygen atoms in total. The lowest BCUT2D eigenvalue weighted by molar-refractivity contribution is -0.105. The molecule has 1 aromatic carbocycles. The Kier molecular flexibility index (Phi) is 9.04. The zero-order valence-corrected chi connectivity index (χ0v) is 15.4. The highest BCUT2D eigenvalue weighted by molar-refractivity contribution is 6.35. The average Bonchev–Trinajstić information content (AvgIpc) is 2.56. The van der Waals surface area contributed by atoms with Crippen molar-refractivity contribution < 1.29 is 4.79 Å². The van der Waals surface area contributed by atoms with Gasteiger partial charge < -0.3 is 5.32 Å². The number of nitrogens with one attached hydrogen (secondary N) is 2. The van der Waals surface area contributed by atoms with Crippen molar-refractivity contribution in [3.05, 3.63) is 40.1 Å². The van der Waals surface area contributed by atoms with Crippen LogP contribution >= 0.6 is 23.2 Å². The number of carbonyl (C=O) groups excluding carboxylic acids is 1. The first-order chi connectivity index (χ1) is 11.6. The number of anilines is 2. The van der Waals surface area contributed by atoms with Crippen LogP contribution in [0.2, 0.25) is 10.0 Å². The number of benzene rings is 1. The molecule has 1 aromatic heterocycles. The molecule has 0 aliphatic heterocycles. The van der Waals surface area contributed by atoms with Crippen LogP contribution in [-0.2, 0) is 11.2 Å². The Hall–Kier alpha value is -1.92. The molecule has 0 aliphatic rings. The number of amides is 1. The van der Waals surface area contributed by atoms with Gasteiger partial charge in [-0.2, -0.15) is 4.98 Å². The van der Waals surface area contributed by atoms with Crippen LogP contribution in [0.4, 0.5) is 11.9 Å². The molecule has 0 saturated heterocycles. The number of aryl methyl sites for hydroxylation is 1. The van der Waals surface area contributed by atoms with E-state index in [1.165, 1.54) is 6.33 Å². The quantitative estimate of drug-likeness (QED) is 0.714. The van der Waals surface area contributed by atoms with Crippen LogP contribution in [-0.4, -0.2) is 27.4 Å². The average molecular weight is 370 g/mol. The first kappa shape index (κ1) is 20.1. The van der Waals surface area contributed by atoms with Gasteiger partial charge in [-0.15, -0.1) is 0 Å². The van der Waals surface area contributed by atoms with Gasteiger partial charge in [-0.25, -0.2) is 9.97 Å². The van der Waals surface area contributed by atoms with Crippen molar-refractivity contribution in [2.45, 2.75) is 39.7 Å². The Bertz CT molecular complexity index is 654. The summed E-state index contributed by atoms with van der Waals surface area (Å²) in [7, 11) is 0. The molecule has 0 spiro atoms. The van der Waals surface area contributed by atoms with E-state index in [0.717, 1.165) is 18.4 Å². The van der Waals surface area contributed by atoms with Gasteiger partial charge in [0.1, 0.15) is 6.33 Å². The molecule has 1 amide bonds. The van der Waals surface area contributed by atoms with Crippen molar-refractivity contribution in [3.63, 3.8) is 0 Å². The molecule has 1 atom stereocenters. The molecule has 1 heterocycles. The predicted octanol–water partition coefficient (Wildman–Crippen LogP) is 4.21. The molecule has 8 heteroatoms. The fourth-order valence-corrected chi connectivity index (χ4v) is 2.38. The van der Waals surface area contributed by atoms with Gasteiger partial charge in [0.05, 0.1) is 0 Å². The summed E-state index contributed by atoms with van der Waals surface area (Å²) in [6.45, 7) is 6.01. The smallest absolute Gasteiger partial charge is 0.233 e. The van der Waals surface area contributed by atoms with Crippen LogP contribution in [0.3, 0.4) is 0 Å². The Morgan fingerprint density at radius 2 is 1.92 bits per heavy atom. The summed E-state index contributed by atoms with van der Waals surface area (Å²) in [4.78, 5) is 22.3. The first-order valence-electron chi connectivity index (χ1n) is 7.68. The van der Waals surface area contributed by atoms with E-state index in [1.807, 2.05) is 32.9 Å². The van der Waals surface area contributed by atoms with E-state index >= 15 is 0 Å². The summed E-state index contributed by atoms with van der Waals surface area (Å²) in [6.07, 6.45) is 3.49. The maximum absolute atomic E-state index is 10.4. The van der Waals surface area contributed by atoms with Gasteiger partial charge in [0, 0.05) is 16.1 Å². The Labute approximate surface area is 152 Å². The molecule has 2 aromatic rings. The summed E-state index contributed by atoms with van der Waals surface area (Å²) in [6, 6.07) is 5.61. The second-order valence-electron chi connectivity index (χ2n) is 4.71. The van der Waals surface area contributed by atoms with E-state index in [9.17, 15) is 4.79 Å². The number of hydrogen-bond acceptors (Lipinski definition) is 5. The van der Waals surface area contributed by atoms with Gasteiger partial charge in [0.2, 0.25) is 18.3 Å². The molecule has 1 unspecified atom stereocenters. The third kappa shape index (κ3) is 6.68. The molecule has 0 fully saturated rings. The van der Waals surface area contributed by atoms with Crippen molar-refractivity contribution in [2.24, 2.45) is 0 Å². The normalized spacial score (nSPS) is 11.0. The van der Waals surface area contributed by atoms with E-state index in [4.69, 9.17) is 23.2 Å². The van der Waals surface area contributed by atoms with Crippen molar-refractivity contribution in [1.29, 1.82) is 0 Å². The lowest BCUT2D eigenvalue weighted by Gasteiger charge is -2.14. The third-order valence-electron chi connectivity index (χ3n) is 3.00. The molecule has 24 heavy (non-hydrogen) atoms. The highest BCUT2D eigenvalue weighted by Crippen LogP contribution is 2.22.